The number of hydrogen-bond donors (Lipinski definition) is 1. The van der Waals surface area contributed by atoms with Gasteiger partial charge in [0.05, 0.1) is 19.5 Å². The number of fused-ring (bicyclic) bond motifs is 1. The van der Waals surface area contributed by atoms with E-state index in [1.165, 1.54) is 11.8 Å². The molecule has 0 radical (unpaired) electrons. The Morgan fingerprint density at radius 2 is 2.25 bits per heavy atom. The third kappa shape index (κ3) is 2.95. The second kappa shape index (κ2) is 6.37. The van der Waals surface area contributed by atoms with Crippen molar-refractivity contribution in [3.05, 3.63) is 54.2 Å². The Hall–Kier alpha value is -2.18. The molecule has 2 atom stereocenters. The van der Waals surface area contributed by atoms with Gasteiger partial charge in [0.2, 0.25) is 0 Å². The monoisotopic (exact) mass is 327 g/mol. The van der Waals surface area contributed by atoms with Crippen LogP contribution in [-0.2, 0) is 11.3 Å². The summed E-state index contributed by atoms with van der Waals surface area (Å²) in [6, 6.07) is 7.51. The summed E-state index contributed by atoms with van der Waals surface area (Å²) < 4.78 is 10.9. The maximum Gasteiger partial charge on any atom is 0.286 e. The van der Waals surface area contributed by atoms with E-state index in [0.717, 1.165) is 26.2 Å². The van der Waals surface area contributed by atoms with Crippen molar-refractivity contribution in [3.63, 3.8) is 0 Å². The number of likely N-dealkylation sites (tertiary alicyclic amines) is 1. The molecule has 2 aromatic heterocycles. The molecule has 6 nitrogen and oxygen atoms in total. The van der Waals surface area contributed by atoms with Crippen LogP contribution in [-0.4, -0.2) is 48.6 Å². The third-order valence-corrected chi connectivity index (χ3v) is 5.09. The van der Waals surface area contributed by atoms with Gasteiger partial charge >= 0.3 is 0 Å². The Morgan fingerprint density at radius 1 is 1.38 bits per heavy atom. The molecular weight excluding hydrogens is 306 g/mol. The standard InChI is InChI=1S/C18H21N3O3/c22-17(16-2-1-7-24-16)20-11-18-12-21(9-15(18)10-23-13-18)8-14-3-5-19-6-4-14/h1-7,15H,8-13H2,(H,20,22)/t15-,18+/m0/s1. The van der Waals surface area contributed by atoms with Crippen molar-refractivity contribution >= 4 is 5.91 Å². The highest BCUT2D eigenvalue weighted by Crippen LogP contribution is 2.41. The summed E-state index contributed by atoms with van der Waals surface area (Å²) in [5.41, 5.74) is 1.26. The van der Waals surface area contributed by atoms with Gasteiger partial charge in [-0.1, -0.05) is 0 Å². The summed E-state index contributed by atoms with van der Waals surface area (Å²) in [4.78, 5) is 18.7. The van der Waals surface area contributed by atoms with Crippen LogP contribution < -0.4 is 5.32 Å². The number of aromatic nitrogens is 1. The van der Waals surface area contributed by atoms with Crippen LogP contribution in [0, 0.1) is 11.3 Å². The highest BCUT2D eigenvalue weighted by Gasteiger charge is 2.50. The Morgan fingerprint density at radius 3 is 3.04 bits per heavy atom. The smallest absolute Gasteiger partial charge is 0.286 e. The number of carbonyl (C=O) groups is 1. The number of nitrogens with one attached hydrogen (secondary N) is 1. The quantitative estimate of drug-likeness (QED) is 0.902. The van der Waals surface area contributed by atoms with Crippen molar-refractivity contribution in [2.75, 3.05) is 32.8 Å². The van der Waals surface area contributed by atoms with E-state index in [4.69, 9.17) is 9.15 Å². The van der Waals surface area contributed by atoms with Gasteiger partial charge < -0.3 is 14.5 Å². The van der Waals surface area contributed by atoms with E-state index in [2.05, 4.69) is 27.3 Å². The van der Waals surface area contributed by atoms with Crippen LogP contribution in [0.2, 0.25) is 0 Å². The number of furan rings is 1. The molecule has 6 heteroatoms. The SMILES string of the molecule is O=C(NC[C@@]12COC[C@@H]1CN(Cc1ccncc1)C2)c1ccco1. The van der Waals surface area contributed by atoms with E-state index in [0.29, 0.717) is 24.8 Å². The molecule has 4 rings (SSSR count). The number of ether oxygens (including phenoxy) is 1. The zero-order valence-electron chi connectivity index (χ0n) is 13.5. The molecule has 2 aliphatic heterocycles. The molecule has 0 unspecified atom stereocenters. The van der Waals surface area contributed by atoms with E-state index in [-0.39, 0.29) is 11.3 Å². The van der Waals surface area contributed by atoms with Gasteiger partial charge in [-0.05, 0) is 29.8 Å². The maximum atomic E-state index is 12.2. The van der Waals surface area contributed by atoms with Crippen LogP contribution >= 0.6 is 0 Å². The van der Waals surface area contributed by atoms with Crippen LogP contribution in [0.1, 0.15) is 16.1 Å². The minimum Gasteiger partial charge on any atom is -0.459 e. The molecule has 1 N–H and O–H groups in total. The van der Waals surface area contributed by atoms with Gasteiger partial charge in [0.15, 0.2) is 5.76 Å². The van der Waals surface area contributed by atoms with E-state index in [1.54, 1.807) is 12.1 Å². The van der Waals surface area contributed by atoms with Crippen LogP contribution in [0.4, 0.5) is 0 Å². The van der Waals surface area contributed by atoms with Crippen molar-refractivity contribution < 1.29 is 13.9 Å². The highest BCUT2D eigenvalue weighted by atomic mass is 16.5. The van der Waals surface area contributed by atoms with Gasteiger partial charge in [-0.25, -0.2) is 0 Å². The molecule has 0 aromatic carbocycles. The summed E-state index contributed by atoms with van der Waals surface area (Å²) in [5.74, 6) is 0.650. The molecule has 0 aliphatic carbocycles. The minimum absolute atomic E-state index is 0.00468. The van der Waals surface area contributed by atoms with Gasteiger partial charge in [-0.2, -0.15) is 0 Å². The molecule has 0 saturated carbocycles. The first-order valence-corrected chi connectivity index (χ1v) is 8.26. The lowest BCUT2D eigenvalue weighted by Crippen LogP contribution is -2.43. The summed E-state index contributed by atoms with van der Waals surface area (Å²) in [6.45, 7) is 4.92. The fourth-order valence-electron chi connectivity index (χ4n) is 3.81. The van der Waals surface area contributed by atoms with E-state index in [9.17, 15) is 4.79 Å². The van der Waals surface area contributed by atoms with Crippen LogP contribution in [0.5, 0.6) is 0 Å². The number of pyridine rings is 1. The third-order valence-electron chi connectivity index (χ3n) is 5.09. The molecule has 0 bridgehead atoms. The first-order valence-electron chi connectivity index (χ1n) is 8.26. The van der Waals surface area contributed by atoms with E-state index < -0.39 is 0 Å². The first-order chi connectivity index (χ1) is 11.8. The van der Waals surface area contributed by atoms with Gasteiger partial charge in [0, 0.05) is 49.9 Å². The average Bonchev–Trinajstić information content (AvgIpc) is 3.29. The lowest BCUT2D eigenvalue weighted by molar-refractivity contribution is 0.0878. The van der Waals surface area contributed by atoms with E-state index in [1.807, 2.05) is 12.4 Å². The summed E-state index contributed by atoms with van der Waals surface area (Å²) in [6.07, 6.45) is 5.17. The second-order valence-electron chi connectivity index (χ2n) is 6.76. The van der Waals surface area contributed by atoms with Gasteiger partial charge in [0.1, 0.15) is 0 Å². The second-order valence-corrected chi connectivity index (χ2v) is 6.76. The lowest BCUT2D eigenvalue weighted by atomic mass is 9.81. The molecule has 1 amide bonds. The van der Waals surface area contributed by atoms with Crippen molar-refractivity contribution in [2.45, 2.75) is 6.54 Å². The Kier molecular flexibility index (Phi) is 4.08. The van der Waals surface area contributed by atoms with Crippen molar-refractivity contribution in [2.24, 2.45) is 11.3 Å². The van der Waals surface area contributed by atoms with Crippen LogP contribution in [0.3, 0.4) is 0 Å². The fraction of sp³-hybridized carbons (Fsp3) is 0.444. The molecule has 2 fully saturated rings. The zero-order valence-corrected chi connectivity index (χ0v) is 13.5. The predicted octanol–water partition coefficient (Wildman–Crippen LogP) is 1.55. The largest absolute Gasteiger partial charge is 0.459 e. The number of carbonyl (C=O) groups excluding carboxylic acids is 1. The van der Waals surface area contributed by atoms with Crippen LogP contribution in [0.25, 0.3) is 0 Å². The number of rotatable bonds is 5. The van der Waals surface area contributed by atoms with Crippen molar-refractivity contribution in [1.82, 2.24) is 15.2 Å². The van der Waals surface area contributed by atoms with E-state index >= 15 is 0 Å². The topological polar surface area (TPSA) is 67.6 Å². The number of hydrogen-bond acceptors (Lipinski definition) is 5. The summed E-state index contributed by atoms with van der Waals surface area (Å²) >= 11 is 0. The highest BCUT2D eigenvalue weighted by molar-refractivity contribution is 5.91. The van der Waals surface area contributed by atoms with Gasteiger partial charge in [0.25, 0.3) is 5.91 Å². The van der Waals surface area contributed by atoms with Crippen LogP contribution in [0.15, 0.2) is 47.3 Å². The molecule has 24 heavy (non-hydrogen) atoms. The molecule has 2 saturated heterocycles. The molecule has 2 aromatic rings. The minimum atomic E-state index is -0.160. The fourth-order valence-corrected chi connectivity index (χ4v) is 3.81. The van der Waals surface area contributed by atoms with Crippen molar-refractivity contribution in [3.8, 4) is 0 Å². The Balaban J connectivity index is 1.40. The van der Waals surface area contributed by atoms with Crippen molar-refractivity contribution in [1.29, 1.82) is 0 Å². The lowest BCUT2D eigenvalue weighted by Gasteiger charge is -2.27. The summed E-state index contributed by atoms with van der Waals surface area (Å²) in [5, 5.41) is 3.02. The molecule has 2 aliphatic rings. The Labute approximate surface area is 140 Å². The zero-order chi connectivity index (χ0) is 16.4. The number of nitrogens with zero attached hydrogens (tertiary/aromatic N) is 2. The molecule has 4 heterocycles. The summed E-state index contributed by atoms with van der Waals surface area (Å²) in [7, 11) is 0. The first kappa shape index (κ1) is 15.4. The number of amides is 1. The molecule has 126 valence electrons. The Bertz CT molecular complexity index is 689. The average molecular weight is 327 g/mol. The maximum absolute atomic E-state index is 12.2. The predicted molar refractivity (Wildman–Crippen MR) is 87.3 cm³/mol. The normalized spacial score (nSPS) is 26.4. The van der Waals surface area contributed by atoms with Gasteiger partial charge in [-0.15, -0.1) is 0 Å². The molecule has 0 spiro atoms. The molecular formula is C18H21N3O3. The van der Waals surface area contributed by atoms with Gasteiger partial charge in [-0.3, -0.25) is 14.7 Å².